The molecule has 1 heterocycles. The van der Waals surface area contributed by atoms with Gasteiger partial charge in [0.1, 0.15) is 19.7 Å². The number of benzene rings is 1. The Balaban J connectivity index is 2.09. The van der Waals surface area contributed by atoms with E-state index in [9.17, 15) is 0 Å². The summed E-state index contributed by atoms with van der Waals surface area (Å²) in [6.45, 7) is 0.618. The van der Waals surface area contributed by atoms with E-state index >= 15 is 0 Å². The van der Waals surface area contributed by atoms with Crippen LogP contribution in [0.1, 0.15) is 0 Å². The van der Waals surface area contributed by atoms with E-state index in [0.29, 0.717) is 6.67 Å². The summed E-state index contributed by atoms with van der Waals surface area (Å²) in [4.78, 5) is 1.72. The van der Waals surface area contributed by atoms with Gasteiger partial charge in [-0.15, -0.1) is 0 Å². The Hall–Kier alpha value is -1.55. The monoisotopic (exact) mass is 177 g/mol. The van der Waals surface area contributed by atoms with Gasteiger partial charge in [-0.05, 0) is 12.1 Å². The van der Waals surface area contributed by atoms with Gasteiger partial charge in [0.15, 0.2) is 0 Å². The van der Waals surface area contributed by atoms with Crippen molar-refractivity contribution in [2.75, 3.05) is 18.4 Å². The zero-order valence-electron chi connectivity index (χ0n) is 7.17. The largest absolute Gasteiger partial charge is 0.376 e. The Kier molecular flexibility index (Phi) is 2.14. The highest BCUT2D eigenvalue weighted by Gasteiger charge is 2.13. The predicted molar refractivity (Wildman–Crippen MR) is 51.2 cm³/mol. The highest BCUT2D eigenvalue weighted by molar-refractivity contribution is 5.62. The molecule has 0 radical (unpaired) electrons. The first-order valence-electron chi connectivity index (χ1n) is 4.12. The molecule has 0 saturated heterocycles. The lowest BCUT2D eigenvalue weighted by Crippen LogP contribution is -2.27. The molecule has 68 valence electrons. The van der Waals surface area contributed by atoms with Crippen LogP contribution in [-0.4, -0.2) is 29.7 Å². The van der Waals surface area contributed by atoms with E-state index in [4.69, 9.17) is 5.11 Å². The highest BCUT2D eigenvalue weighted by atomic mass is 16.3. The molecule has 0 spiro atoms. The smallest absolute Gasteiger partial charge is 0.118 e. The first-order chi connectivity index (χ1) is 6.40. The van der Waals surface area contributed by atoms with Crippen LogP contribution in [0.15, 0.2) is 35.4 Å². The summed E-state index contributed by atoms with van der Waals surface area (Å²) in [5.74, 6) is 0. The highest BCUT2D eigenvalue weighted by Crippen LogP contribution is 2.15. The van der Waals surface area contributed by atoms with Crippen molar-refractivity contribution in [2.24, 2.45) is 5.10 Å². The second-order valence-corrected chi connectivity index (χ2v) is 2.84. The molecule has 4 heteroatoms. The third kappa shape index (κ3) is 1.62. The molecule has 0 atom stereocenters. The number of rotatable bonds is 2. The number of anilines is 1. The lowest BCUT2D eigenvalue weighted by atomic mass is 10.3. The van der Waals surface area contributed by atoms with E-state index in [2.05, 4.69) is 5.10 Å². The van der Waals surface area contributed by atoms with Gasteiger partial charge < -0.3 is 10.0 Å². The van der Waals surface area contributed by atoms with E-state index in [0.717, 1.165) is 5.69 Å². The third-order valence-corrected chi connectivity index (χ3v) is 1.91. The van der Waals surface area contributed by atoms with Crippen molar-refractivity contribution >= 4 is 12.0 Å². The number of hydrogen-bond donors (Lipinski definition) is 1. The molecule has 0 fully saturated rings. The molecule has 13 heavy (non-hydrogen) atoms. The third-order valence-electron chi connectivity index (χ3n) is 1.91. The molecule has 1 N–H and O–H groups in total. The Labute approximate surface area is 76.7 Å². The summed E-state index contributed by atoms with van der Waals surface area (Å²) in [5.41, 5.74) is 1.04. The van der Waals surface area contributed by atoms with Gasteiger partial charge in [-0.3, -0.25) is 0 Å². The molecule has 0 unspecified atom stereocenters. The van der Waals surface area contributed by atoms with Crippen LogP contribution in [0.5, 0.6) is 0 Å². The van der Waals surface area contributed by atoms with Crippen LogP contribution in [-0.2, 0) is 0 Å². The second kappa shape index (κ2) is 3.45. The molecule has 0 aliphatic carbocycles. The molecule has 0 bridgehead atoms. The Morgan fingerprint density at radius 1 is 1.31 bits per heavy atom. The Morgan fingerprint density at radius 2 is 2.08 bits per heavy atom. The van der Waals surface area contributed by atoms with Crippen molar-refractivity contribution in [3.63, 3.8) is 0 Å². The second-order valence-electron chi connectivity index (χ2n) is 2.84. The molecule has 0 aromatic heterocycles. The fourth-order valence-electron chi connectivity index (χ4n) is 1.21. The molecule has 0 saturated carbocycles. The van der Waals surface area contributed by atoms with Crippen molar-refractivity contribution in [1.29, 1.82) is 0 Å². The van der Waals surface area contributed by atoms with Gasteiger partial charge in [-0.25, -0.2) is 5.01 Å². The van der Waals surface area contributed by atoms with Crippen molar-refractivity contribution in [1.82, 2.24) is 4.90 Å². The molecule has 1 aliphatic heterocycles. The predicted octanol–water partition coefficient (Wildman–Crippen LogP) is 0.659. The van der Waals surface area contributed by atoms with E-state index in [1.807, 2.05) is 35.3 Å². The fraction of sp³-hybridized carbons (Fsp3) is 0.222. The summed E-state index contributed by atoms with van der Waals surface area (Å²) >= 11 is 0. The van der Waals surface area contributed by atoms with Gasteiger partial charge in [0, 0.05) is 0 Å². The number of nitrogens with zero attached hydrogens (tertiary/aromatic N) is 3. The maximum Gasteiger partial charge on any atom is 0.118 e. The van der Waals surface area contributed by atoms with Crippen molar-refractivity contribution in [3.05, 3.63) is 30.3 Å². The van der Waals surface area contributed by atoms with Crippen LogP contribution in [0.3, 0.4) is 0 Å². The average molecular weight is 177 g/mol. The molecule has 1 aliphatic rings. The van der Waals surface area contributed by atoms with Gasteiger partial charge in [0.2, 0.25) is 0 Å². The normalized spacial score (nSPS) is 15.5. The summed E-state index contributed by atoms with van der Waals surface area (Å²) in [7, 11) is 0. The fourth-order valence-corrected chi connectivity index (χ4v) is 1.21. The summed E-state index contributed by atoms with van der Waals surface area (Å²) in [5, 5.41) is 14.8. The number of para-hydroxylation sites is 1. The quantitative estimate of drug-likeness (QED) is 0.721. The summed E-state index contributed by atoms with van der Waals surface area (Å²) in [6, 6.07) is 9.86. The topological polar surface area (TPSA) is 39.1 Å². The van der Waals surface area contributed by atoms with Crippen LogP contribution in [0, 0.1) is 0 Å². The van der Waals surface area contributed by atoms with Crippen LogP contribution in [0.25, 0.3) is 0 Å². The number of hydrogen-bond acceptors (Lipinski definition) is 4. The van der Waals surface area contributed by atoms with Gasteiger partial charge in [0.25, 0.3) is 0 Å². The van der Waals surface area contributed by atoms with Gasteiger partial charge >= 0.3 is 0 Å². The summed E-state index contributed by atoms with van der Waals surface area (Å²) < 4.78 is 0. The van der Waals surface area contributed by atoms with Crippen LogP contribution in [0.2, 0.25) is 0 Å². The number of hydrazone groups is 1. The van der Waals surface area contributed by atoms with E-state index in [1.165, 1.54) is 0 Å². The molecule has 0 amide bonds. The van der Waals surface area contributed by atoms with Crippen molar-refractivity contribution in [2.45, 2.75) is 0 Å². The minimum atomic E-state index is 0.00678. The van der Waals surface area contributed by atoms with E-state index in [1.54, 1.807) is 11.2 Å². The molecular formula is C9H11N3O. The van der Waals surface area contributed by atoms with Crippen LogP contribution in [0.4, 0.5) is 5.69 Å². The molecule has 1 aromatic carbocycles. The maximum atomic E-state index is 8.84. The van der Waals surface area contributed by atoms with Crippen molar-refractivity contribution in [3.8, 4) is 0 Å². The minimum Gasteiger partial charge on any atom is -0.376 e. The van der Waals surface area contributed by atoms with Crippen molar-refractivity contribution < 1.29 is 5.11 Å². The maximum absolute atomic E-state index is 8.84. The van der Waals surface area contributed by atoms with Gasteiger partial charge in [0.05, 0.1) is 5.69 Å². The standard InChI is InChI=1S/C9H11N3O/c13-8-11-6-10-12(7-11)9-4-2-1-3-5-9/h1-6,13H,7-8H2. The zero-order valence-corrected chi connectivity index (χ0v) is 7.17. The Morgan fingerprint density at radius 3 is 2.69 bits per heavy atom. The minimum absolute atomic E-state index is 0.00678. The number of aliphatic hydroxyl groups excluding tert-OH is 1. The number of aliphatic hydroxyl groups is 1. The summed E-state index contributed by atoms with van der Waals surface area (Å²) in [6.07, 6.45) is 1.63. The molecule has 4 nitrogen and oxygen atoms in total. The van der Waals surface area contributed by atoms with Crippen LogP contribution < -0.4 is 5.01 Å². The average Bonchev–Trinajstić information content (AvgIpc) is 2.67. The first-order valence-corrected chi connectivity index (χ1v) is 4.12. The zero-order chi connectivity index (χ0) is 9.10. The SMILES string of the molecule is OCN1C=NN(c2ccccc2)C1. The Bertz CT molecular complexity index is 299. The van der Waals surface area contributed by atoms with Gasteiger partial charge in [-0.1, -0.05) is 18.2 Å². The van der Waals surface area contributed by atoms with Gasteiger partial charge in [-0.2, -0.15) is 5.10 Å². The molecular weight excluding hydrogens is 166 g/mol. The van der Waals surface area contributed by atoms with E-state index < -0.39 is 0 Å². The lowest BCUT2D eigenvalue weighted by Gasteiger charge is -2.16. The molecule has 1 aromatic rings. The first kappa shape index (κ1) is 8.07. The van der Waals surface area contributed by atoms with Crippen LogP contribution >= 0.6 is 0 Å². The van der Waals surface area contributed by atoms with E-state index in [-0.39, 0.29) is 6.73 Å². The lowest BCUT2D eigenvalue weighted by molar-refractivity contribution is 0.181. The molecule has 2 rings (SSSR count).